The Morgan fingerprint density at radius 3 is 2.85 bits per heavy atom. The summed E-state index contributed by atoms with van der Waals surface area (Å²) in [5, 5.41) is 8.49. The summed E-state index contributed by atoms with van der Waals surface area (Å²) in [5.41, 5.74) is 2.44. The Kier molecular flexibility index (Phi) is 4.99. The number of hydrogen-bond acceptors (Lipinski definition) is 5. The third-order valence-electron chi connectivity index (χ3n) is 3.25. The molecule has 0 bridgehead atoms. The summed E-state index contributed by atoms with van der Waals surface area (Å²) in [4.78, 5) is 16.1. The summed E-state index contributed by atoms with van der Waals surface area (Å²) in [5.74, 6) is 0. The highest BCUT2D eigenvalue weighted by Crippen LogP contribution is 2.20. The van der Waals surface area contributed by atoms with E-state index in [9.17, 15) is 4.79 Å². The third-order valence-corrected chi connectivity index (χ3v) is 3.88. The monoisotopic (exact) mass is 297 g/mol. The number of nitrogens with one attached hydrogen (secondary N) is 2. The van der Waals surface area contributed by atoms with E-state index in [-0.39, 0.29) is 12.1 Å². The molecule has 1 heterocycles. The number of alkyl carbamates (subject to hydrolysis) is 1. The average Bonchev–Trinajstić information content (AvgIpc) is 2.94. The highest BCUT2D eigenvalue weighted by Gasteiger charge is 2.29. The van der Waals surface area contributed by atoms with Crippen molar-refractivity contribution in [1.29, 1.82) is 0 Å². The molecule has 0 saturated heterocycles. The second-order valence-corrected chi connectivity index (χ2v) is 6.87. The highest BCUT2D eigenvalue weighted by molar-refractivity contribution is 7.07. The number of ether oxygens (including phenoxy) is 1. The molecule has 112 valence electrons. The first-order valence-electron chi connectivity index (χ1n) is 7.04. The molecule has 0 spiro atoms. The molecule has 20 heavy (non-hydrogen) atoms. The molecule has 0 aliphatic heterocycles. The summed E-state index contributed by atoms with van der Waals surface area (Å²) in [6, 6.07) is 0.438. The van der Waals surface area contributed by atoms with Gasteiger partial charge in [0.25, 0.3) is 0 Å². The van der Waals surface area contributed by atoms with Gasteiger partial charge < -0.3 is 15.4 Å². The predicted molar refractivity (Wildman–Crippen MR) is 79.8 cm³/mol. The number of nitrogens with zero attached hydrogens (tertiary/aromatic N) is 1. The van der Waals surface area contributed by atoms with Crippen molar-refractivity contribution in [2.24, 2.45) is 0 Å². The van der Waals surface area contributed by atoms with Crippen LogP contribution in [-0.2, 0) is 11.3 Å². The van der Waals surface area contributed by atoms with E-state index in [0.717, 1.165) is 31.5 Å². The van der Waals surface area contributed by atoms with Crippen LogP contribution in [0.4, 0.5) is 4.79 Å². The number of aromatic nitrogens is 1. The number of amides is 1. The second-order valence-electron chi connectivity index (χ2n) is 6.15. The Labute approximate surface area is 124 Å². The summed E-state index contributed by atoms with van der Waals surface area (Å²) < 4.78 is 5.31. The van der Waals surface area contributed by atoms with Crippen LogP contribution in [0.2, 0.25) is 0 Å². The van der Waals surface area contributed by atoms with Crippen molar-refractivity contribution < 1.29 is 9.53 Å². The van der Waals surface area contributed by atoms with Gasteiger partial charge in [0, 0.05) is 24.0 Å². The van der Waals surface area contributed by atoms with Crippen molar-refractivity contribution >= 4 is 17.4 Å². The molecule has 1 saturated carbocycles. The maximum Gasteiger partial charge on any atom is 0.407 e. The van der Waals surface area contributed by atoms with Crippen LogP contribution in [0.25, 0.3) is 0 Å². The summed E-state index contributed by atoms with van der Waals surface area (Å²) in [7, 11) is 0. The van der Waals surface area contributed by atoms with E-state index in [2.05, 4.69) is 15.6 Å². The van der Waals surface area contributed by atoms with Gasteiger partial charge in [-0.15, -0.1) is 11.3 Å². The average molecular weight is 297 g/mol. The summed E-state index contributed by atoms with van der Waals surface area (Å²) in [6.07, 6.45) is 2.86. The van der Waals surface area contributed by atoms with Crippen LogP contribution < -0.4 is 10.6 Å². The topological polar surface area (TPSA) is 63.2 Å². The minimum atomic E-state index is -0.452. The first-order chi connectivity index (χ1) is 9.44. The molecule has 1 aromatic heterocycles. The standard InChI is InChI=1S/C14H23N3O2S/c1-14(2,3)19-13(18)17-12-6-4-5-11(12)15-7-10-8-20-9-16-10/h8-9,11-12,15H,4-7H2,1-3H3,(H,17,18). The van der Waals surface area contributed by atoms with E-state index in [1.54, 1.807) is 11.3 Å². The minimum Gasteiger partial charge on any atom is -0.444 e. The fraction of sp³-hybridized carbons (Fsp3) is 0.714. The van der Waals surface area contributed by atoms with Crippen LogP contribution in [0.15, 0.2) is 10.9 Å². The van der Waals surface area contributed by atoms with Crippen molar-refractivity contribution in [2.45, 2.75) is 64.3 Å². The zero-order valence-corrected chi connectivity index (χ0v) is 13.1. The van der Waals surface area contributed by atoms with Gasteiger partial charge in [-0.1, -0.05) is 0 Å². The molecular weight excluding hydrogens is 274 g/mol. The lowest BCUT2D eigenvalue weighted by atomic mass is 10.1. The third kappa shape index (κ3) is 4.76. The van der Waals surface area contributed by atoms with Gasteiger partial charge in [0.05, 0.1) is 11.2 Å². The van der Waals surface area contributed by atoms with Gasteiger partial charge in [0.15, 0.2) is 0 Å². The first-order valence-corrected chi connectivity index (χ1v) is 7.98. The lowest BCUT2D eigenvalue weighted by Gasteiger charge is -2.25. The molecule has 5 nitrogen and oxygen atoms in total. The molecule has 2 rings (SSSR count). The number of carbonyl (C=O) groups excluding carboxylic acids is 1. The van der Waals surface area contributed by atoms with Gasteiger partial charge >= 0.3 is 6.09 Å². The Bertz CT molecular complexity index is 428. The van der Waals surface area contributed by atoms with Crippen LogP contribution in [0.3, 0.4) is 0 Å². The van der Waals surface area contributed by atoms with Gasteiger partial charge in [-0.3, -0.25) is 0 Å². The molecule has 1 fully saturated rings. The van der Waals surface area contributed by atoms with E-state index >= 15 is 0 Å². The van der Waals surface area contributed by atoms with Crippen LogP contribution in [0, 0.1) is 0 Å². The van der Waals surface area contributed by atoms with Crippen molar-refractivity contribution in [3.63, 3.8) is 0 Å². The normalized spacial score (nSPS) is 22.8. The second kappa shape index (κ2) is 6.54. The Morgan fingerprint density at radius 2 is 2.20 bits per heavy atom. The Balaban J connectivity index is 1.80. The number of carbonyl (C=O) groups is 1. The summed E-state index contributed by atoms with van der Waals surface area (Å²) in [6.45, 7) is 6.37. The zero-order valence-electron chi connectivity index (χ0n) is 12.3. The van der Waals surface area contributed by atoms with Crippen molar-refractivity contribution in [3.8, 4) is 0 Å². The summed E-state index contributed by atoms with van der Waals surface area (Å²) >= 11 is 1.60. The lowest BCUT2D eigenvalue weighted by molar-refractivity contribution is 0.0498. The molecule has 2 unspecified atom stereocenters. The molecule has 2 N–H and O–H groups in total. The van der Waals surface area contributed by atoms with Crippen molar-refractivity contribution in [2.75, 3.05) is 0 Å². The fourth-order valence-corrected chi connectivity index (χ4v) is 2.95. The zero-order chi connectivity index (χ0) is 14.6. The van der Waals surface area contributed by atoms with Gasteiger partial charge in [0.1, 0.15) is 5.60 Å². The molecule has 0 radical (unpaired) electrons. The van der Waals surface area contributed by atoms with Gasteiger partial charge in [-0.25, -0.2) is 9.78 Å². The van der Waals surface area contributed by atoms with E-state index in [1.807, 2.05) is 31.7 Å². The molecule has 2 atom stereocenters. The fourth-order valence-electron chi connectivity index (χ4n) is 2.40. The maximum atomic E-state index is 11.8. The molecule has 1 aromatic rings. The molecule has 1 aliphatic carbocycles. The largest absolute Gasteiger partial charge is 0.444 e. The number of thiazole rings is 1. The molecule has 1 amide bonds. The molecule has 6 heteroatoms. The van der Waals surface area contributed by atoms with Crippen molar-refractivity contribution in [3.05, 3.63) is 16.6 Å². The smallest absolute Gasteiger partial charge is 0.407 e. The van der Waals surface area contributed by atoms with Gasteiger partial charge in [-0.05, 0) is 40.0 Å². The van der Waals surface area contributed by atoms with Gasteiger partial charge in [-0.2, -0.15) is 0 Å². The highest BCUT2D eigenvalue weighted by atomic mass is 32.1. The van der Waals surface area contributed by atoms with Gasteiger partial charge in [0.2, 0.25) is 0 Å². The maximum absolute atomic E-state index is 11.8. The Morgan fingerprint density at radius 1 is 1.45 bits per heavy atom. The SMILES string of the molecule is CC(C)(C)OC(=O)NC1CCCC1NCc1cscn1. The molecule has 1 aliphatic rings. The van der Waals surface area contributed by atoms with Crippen LogP contribution in [0.5, 0.6) is 0 Å². The van der Waals surface area contributed by atoms with Crippen LogP contribution in [-0.4, -0.2) is 28.8 Å². The van der Waals surface area contributed by atoms with E-state index in [1.165, 1.54) is 0 Å². The minimum absolute atomic E-state index is 0.142. The van der Waals surface area contributed by atoms with E-state index in [4.69, 9.17) is 4.74 Å². The number of rotatable bonds is 4. The first kappa shape index (κ1) is 15.3. The molecular formula is C14H23N3O2S. The van der Waals surface area contributed by atoms with E-state index < -0.39 is 5.60 Å². The lowest BCUT2D eigenvalue weighted by Crippen LogP contribution is -2.47. The number of hydrogen-bond donors (Lipinski definition) is 2. The van der Waals surface area contributed by atoms with Crippen LogP contribution >= 0.6 is 11.3 Å². The quantitative estimate of drug-likeness (QED) is 0.897. The Hall–Kier alpha value is -1.14. The van der Waals surface area contributed by atoms with Crippen molar-refractivity contribution in [1.82, 2.24) is 15.6 Å². The molecule has 0 aromatic carbocycles. The van der Waals surface area contributed by atoms with E-state index in [0.29, 0.717) is 6.04 Å². The van der Waals surface area contributed by atoms with Crippen LogP contribution in [0.1, 0.15) is 45.7 Å². The predicted octanol–water partition coefficient (Wildman–Crippen LogP) is 2.68.